The predicted octanol–water partition coefficient (Wildman–Crippen LogP) is -0.919. The molecule has 0 unspecified atom stereocenters. The molecular weight excluding hydrogens is 214 g/mol. The minimum atomic E-state index is -1.26. The Morgan fingerprint density at radius 3 is 1.94 bits per heavy atom. The van der Waals surface area contributed by atoms with Crippen LogP contribution in [0.2, 0.25) is 0 Å². The van der Waals surface area contributed by atoms with Crippen LogP contribution in [-0.2, 0) is 14.4 Å². The van der Waals surface area contributed by atoms with Crippen LogP contribution in [0.4, 0.5) is 0 Å². The predicted molar refractivity (Wildman–Crippen MR) is 55.4 cm³/mol. The first-order valence-electron chi connectivity index (χ1n) is 4.93. The Morgan fingerprint density at radius 2 is 1.69 bits per heavy atom. The van der Waals surface area contributed by atoms with Gasteiger partial charge in [-0.1, -0.05) is 0 Å². The van der Waals surface area contributed by atoms with Crippen molar-refractivity contribution in [1.82, 2.24) is 4.90 Å². The quantitative estimate of drug-likeness (QED) is 0.597. The molecule has 16 heavy (non-hydrogen) atoms. The topological polar surface area (TPSA) is 94.9 Å². The maximum atomic E-state index is 11.2. The van der Waals surface area contributed by atoms with Crippen molar-refractivity contribution in [3.63, 3.8) is 0 Å². The van der Waals surface area contributed by atoms with Gasteiger partial charge in [-0.15, -0.1) is 0 Å². The third kappa shape index (κ3) is 3.71. The van der Waals surface area contributed by atoms with Crippen LogP contribution in [0.15, 0.2) is 0 Å². The van der Waals surface area contributed by atoms with Crippen molar-refractivity contribution in [2.24, 2.45) is 0 Å². The fourth-order valence-electron chi connectivity index (χ4n) is 1.59. The lowest BCUT2D eigenvalue weighted by Gasteiger charge is -2.33. The van der Waals surface area contributed by atoms with Gasteiger partial charge in [-0.2, -0.15) is 0 Å². The normalized spacial score (nSPS) is 16.1. The number of rotatable bonds is 5. The highest BCUT2D eigenvalue weighted by Crippen LogP contribution is 2.13. The number of nitrogens with zero attached hydrogens (tertiary/aromatic N) is 1. The Balaban J connectivity index is 5.06. The third-order valence-electron chi connectivity index (χ3n) is 2.20. The van der Waals surface area contributed by atoms with E-state index in [1.54, 1.807) is 0 Å². The van der Waals surface area contributed by atoms with E-state index in [1.165, 1.54) is 6.92 Å². The maximum Gasteiger partial charge on any atom is 0.226 e. The minimum Gasteiger partial charge on any atom is -0.391 e. The number of carbonyl (C=O) groups excluding carboxylic acids is 3. The maximum absolute atomic E-state index is 11.2. The molecule has 2 N–H and O–H groups in total. The number of carbonyl (C=O) groups is 3. The first-order chi connectivity index (χ1) is 7.32. The first kappa shape index (κ1) is 14.7. The van der Waals surface area contributed by atoms with Crippen molar-refractivity contribution in [3.05, 3.63) is 0 Å². The lowest BCUT2D eigenvalue weighted by molar-refractivity contribution is -0.152. The molecule has 0 heterocycles. The molecule has 0 aliphatic heterocycles. The van der Waals surface area contributed by atoms with E-state index in [2.05, 4.69) is 0 Å². The molecule has 0 saturated heterocycles. The van der Waals surface area contributed by atoms with Crippen LogP contribution in [0.5, 0.6) is 0 Å². The zero-order valence-electron chi connectivity index (χ0n) is 9.58. The van der Waals surface area contributed by atoms with E-state index in [-0.39, 0.29) is 6.42 Å². The fraction of sp³-hybridized carbons (Fsp3) is 0.700. The van der Waals surface area contributed by atoms with Gasteiger partial charge in [0.05, 0.1) is 18.2 Å². The van der Waals surface area contributed by atoms with Crippen molar-refractivity contribution in [2.45, 2.75) is 45.4 Å². The van der Waals surface area contributed by atoms with Gasteiger partial charge >= 0.3 is 0 Å². The molecule has 0 bridgehead atoms. The van der Waals surface area contributed by atoms with Crippen LogP contribution in [-0.4, -0.2) is 51.5 Å². The van der Waals surface area contributed by atoms with Crippen molar-refractivity contribution in [2.75, 3.05) is 0 Å². The van der Waals surface area contributed by atoms with E-state index in [1.807, 2.05) is 0 Å². The largest absolute Gasteiger partial charge is 0.391 e. The molecule has 0 spiro atoms. The number of hydrogen-bond acceptors (Lipinski definition) is 5. The third-order valence-corrected chi connectivity index (χ3v) is 2.20. The van der Waals surface area contributed by atoms with Crippen LogP contribution in [0, 0.1) is 0 Å². The Kier molecular flexibility index (Phi) is 5.84. The summed E-state index contributed by atoms with van der Waals surface area (Å²) >= 11 is 0. The summed E-state index contributed by atoms with van der Waals surface area (Å²) < 4.78 is 0. The van der Waals surface area contributed by atoms with Gasteiger partial charge < -0.3 is 15.0 Å². The molecule has 0 aliphatic carbocycles. The molecular formula is C10H17NO5. The fourth-order valence-corrected chi connectivity index (χ4v) is 1.59. The second-order valence-corrected chi connectivity index (χ2v) is 3.61. The van der Waals surface area contributed by atoms with Crippen LogP contribution in [0.25, 0.3) is 0 Å². The molecule has 0 radical (unpaired) electrons. The standard InChI is InChI=1S/C10H17NO5/c1-6(13)10(9(16)4-5-12)11(7(2)14)8(3)15/h5-6,9-10,13,16H,4H2,1-3H3/t6-,9-,10+/m1/s1. The summed E-state index contributed by atoms with van der Waals surface area (Å²) in [5.41, 5.74) is 0. The van der Waals surface area contributed by atoms with Crippen LogP contribution >= 0.6 is 0 Å². The molecule has 2 amide bonds. The van der Waals surface area contributed by atoms with Gasteiger partial charge in [-0.05, 0) is 6.92 Å². The summed E-state index contributed by atoms with van der Waals surface area (Å²) in [5.74, 6) is -1.16. The molecule has 92 valence electrons. The minimum absolute atomic E-state index is 0.243. The molecule has 6 heteroatoms. The van der Waals surface area contributed by atoms with Crippen molar-refractivity contribution in [3.8, 4) is 0 Å². The summed E-state index contributed by atoms with van der Waals surface area (Å²) in [4.78, 5) is 33.5. The van der Waals surface area contributed by atoms with E-state index < -0.39 is 30.1 Å². The van der Waals surface area contributed by atoms with Gasteiger partial charge in [0.2, 0.25) is 11.8 Å². The number of aldehydes is 1. The van der Waals surface area contributed by atoms with Gasteiger partial charge in [0.25, 0.3) is 0 Å². The SMILES string of the molecule is CC(=O)N(C(C)=O)[C@H]([C@H](O)CC=O)[C@@H](C)O. The van der Waals surface area contributed by atoms with Crippen molar-refractivity contribution >= 4 is 18.1 Å². The van der Waals surface area contributed by atoms with E-state index in [4.69, 9.17) is 0 Å². The van der Waals surface area contributed by atoms with Crippen molar-refractivity contribution in [1.29, 1.82) is 0 Å². The Bertz CT molecular complexity index is 262. The molecule has 0 aromatic carbocycles. The summed E-state index contributed by atoms with van der Waals surface area (Å²) in [6.07, 6.45) is -2.14. The summed E-state index contributed by atoms with van der Waals surface area (Å²) in [7, 11) is 0. The highest BCUT2D eigenvalue weighted by Gasteiger charge is 2.34. The number of aliphatic hydroxyl groups excluding tert-OH is 2. The average molecular weight is 231 g/mol. The van der Waals surface area contributed by atoms with E-state index in [0.29, 0.717) is 6.29 Å². The molecule has 0 aliphatic rings. The molecule has 6 nitrogen and oxygen atoms in total. The lowest BCUT2D eigenvalue weighted by atomic mass is 10.0. The highest BCUT2D eigenvalue weighted by atomic mass is 16.3. The summed E-state index contributed by atoms with van der Waals surface area (Å²) in [6, 6.07) is -1.10. The molecule has 0 aromatic heterocycles. The zero-order chi connectivity index (χ0) is 12.9. The first-order valence-corrected chi connectivity index (χ1v) is 4.93. The number of aliphatic hydroxyl groups is 2. The molecule has 0 fully saturated rings. The monoisotopic (exact) mass is 231 g/mol. The molecule has 0 aromatic rings. The van der Waals surface area contributed by atoms with Gasteiger partial charge in [0.1, 0.15) is 6.29 Å². The average Bonchev–Trinajstić information content (AvgIpc) is 2.11. The van der Waals surface area contributed by atoms with Gasteiger partial charge in [-0.3, -0.25) is 14.5 Å². The van der Waals surface area contributed by atoms with Crippen LogP contribution in [0.1, 0.15) is 27.2 Å². The van der Waals surface area contributed by atoms with Gasteiger partial charge in [0, 0.05) is 20.3 Å². The molecule has 3 atom stereocenters. The Hall–Kier alpha value is -1.27. The number of amides is 2. The number of hydrogen-bond donors (Lipinski definition) is 2. The van der Waals surface area contributed by atoms with E-state index in [0.717, 1.165) is 18.7 Å². The van der Waals surface area contributed by atoms with Crippen molar-refractivity contribution < 1.29 is 24.6 Å². The van der Waals surface area contributed by atoms with Gasteiger partial charge in [-0.25, -0.2) is 0 Å². The molecule has 0 rings (SSSR count). The van der Waals surface area contributed by atoms with E-state index in [9.17, 15) is 24.6 Å². The lowest BCUT2D eigenvalue weighted by Crippen LogP contribution is -2.54. The Morgan fingerprint density at radius 1 is 1.25 bits per heavy atom. The van der Waals surface area contributed by atoms with Crippen LogP contribution in [0.3, 0.4) is 0 Å². The van der Waals surface area contributed by atoms with E-state index >= 15 is 0 Å². The van der Waals surface area contributed by atoms with Crippen LogP contribution < -0.4 is 0 Å². The van der Waals surface area contributed by atoms with Gasteiger partial charge in [0.15, 0.2) is 0 Å². The zero-order valence-corrected chi connectivity index (χ0v) is 9.58. The Labute approximate surface area is 93.9 Å². The smallest absolute Gasteiger partial charge is 0.226 e. The second kappa shape index (κ2) is 6.34. The molecule has 0 saturated carbocycles. The summed E-state index contributed by atoms with van der Waals surface area (Å²) in [6.45, 7) is 3.66. The number of imide groups is 1. The highest BCUT2D eigenvalue weighted by molar-refractivity contribution is 5.93. The summed E-state index contributed by atoms with van der Waals surface area (Å²) in [5, 5.41) is 19.1. The second-order valence-electron chi connectivity index (χ2n) is 3.61.